The van der Waals surface area contributed by atoms with Gasteiger partial charge < -0.3 is 19.4 Å². The van der Waals surface area contributed by atoms with Gasteiger partial charge in [-0.3, -0.25) is 9.59 Å². The fourth-order valence-electron chi connectivity index (χ4n) is 9.34. The maximum absolute atomic E-state index is 14.5. The van der Waals surface area contributed by atoms with Crippen molar-refractivity contribution in [3.05, 3.63) is 35.9 Å². The summed E-state index contributed by atoms with van der Waals surface area (Å²) in [6.07, 6.45) is 13.5. The summed E-state index contributed by atoms with van der Waals surface area (Å²) in [5.74, 6) is 1.62. The average molecular weight is 647 g/mol. The van der Waals surface area contributed by atoms with Crippen LogP contribution in [0.5, 0.6) is 11.6 Å². The lowest BCUT2D eigenvalue weighted by molar-refractivity contribution is -0.124. The summed E-state index contributed by atoms with van der Waals surface area (Å²) in [6.45, 7) is 13.4. The summed E-state index contributed by atoms with van der Waals surface area (Å²) in [7, 11) is 0. The third-order valence-corrected chi connectivity index (χ3v) is 12.3. The van der Waals surface area contributed by atoms with Crippen LogP contribution in [-0.4, -0.2) is 81.5 Å². The Morgan fingerprint density at radius 3 is 2.40 bits per heavy atom. The number of nitrogens with zero attached hydrogens (tertiary/aromatic N) is 6. The molecule has 0 radical (unpaired) electrons. The number of anilines is 1. The maximum atomic E-state index is 14.5. The number of carbonyl (C=O) groups is 2. The number of hydrogen-bond donors (Lipinski definition) is 0. The molecule has 9 nitrogen and oxygen atoms in total. The van der Waals surface area contributed by atoms with Crippen molar-refractivity contribution in [2.75, 3.05) is 37.6 Å². The molecule has 254 valence electrons. The first-order valence-corrected chi connectivity index (χ1v) is 17.9. The van der Waals surface area contributed by atoms with Gasteiger partial charge >= 0.3 is 0 Å². The van der Waals surface area contributed by atoms with E-state index in [1.54, 1.807) is 0 Å². The highest BCUT2D eigenvalue weighted by molar-refractivity contribution is 5.97. The van der Waals surface area contributed by atoms with Crippen molar-refractivity contribution in [3.8, 4) is 11.6 Å². The van der Waals surface area contributed by atoms with Crippen molar-refractivity contribution in [3.63, 3.8) is 0 Å². The lowest BCUT2D eigenvalue weighted by Gasteiger charge is -2.54. The topological polar surface area (TPSA) is 91.8 Å². The van der Waals surface area contributed by atoms with E-state index in [-0.39, 0.29) is 51.4 Å². The molecule has 5 aliphatic rings. The molecule has 1 aromatic carbocycles. The predicted octanol–water partition coefficient (Wildman–Crippen LogP) is 6.67. The highest BCUT2D eigenvalue weighted by atomic mass is 19.1. The number of likely N-dealkylation sites (tertiary alicyclic amines) is 1. The number of halogens is 1. The number of hydrogen-bond acceptors (Lipinski definition) is 8. The largest absolute Gasteiger partial charge is 0.434 e. The number of ether oxygens (including phenoxy) is 1. The zero-order valence-electron chi connectivity index (χ0n) is 28.6. The zero-order chi connectivity index (χ0) is 33.0. The van der Waals surface area contributed by atoms with Gasteiger partial charge in [0.1, 0.15) is 23.7 Å². The van der Waals surface area contributed by atoms with Crippen LogP contribution in [0.2, 0.25) is 0 Å². The molecule has 0 unspecified atom stereocenters. The summed E-state index contributed by atoms with van der Waals surface area (Å²) in [4.78, 5) is 37.5. The van der Waals surface area contributed by atoms with Crippen molar-refractivity contribution in [2.45, 2.75) is 110 Å². The minimum Gasteiger partial charge on any atom is -0.434 e. The first-order chi connectivity index (χ1) is 22.4. The summed E-state index contributed by atoms with van der Waals surface area (Å²) >= 11 is 0. The number of piperidine rings is 1. The molecule has 10 heteroatoms. The quantitative estimate of drug-likeness (QED) is 0.314. The van der Waals surface area contributed by atoms with E-state index in [0.29, 0.717) is 11.6 Å². The number of Topliss-reactive ketones (excluding diaryl/α,β-unsaturated/α-hetero) is 1. The first kappa shape index (κ1) is 32.4. The molecule has 1 aromatic heterocycles. The van der Waals surface area contributed by atoms with Gasteiger partial charge in [-0.1, -0.05) is 13.8 Å². The van der Waals surface area contributed by atoms with Crippen LogP contribution in [0.15, 0.2) is 24.5 Å². The zero-order valence-corrected chi connectivity index (χ0v) is 28.6. The van der Waals surface area contributed by atoms with E-state index >= 15 is 0 Å². The van der Waals surface area contributed by atoms with Crippen molar-refractivity contribution in [1.82, 2.24) is 25.0 Å². The number of rotatable bonds is 8. The van der Waals surface area contributed by atoms with Crippen LogP contribution in [0.1, 0.15) is 109 Å². The van der Waals surface area contributed by atoms with Crippen LogP contribution < -0.4 is 9.64 Å². The Labute approximate surface area is 278 Å². The second-order valence-corrected chi connectivity index (χ2v) is 16.5. The van der Waals surface area contributed by atoms with Crippen LogP contribution in [0.25, 0.3) is 0 Å². The van der Waals surface area contributed by atoms with Gasteiger partial charge in [-0.05, 0) is 121 Å². The van der Waals surface area contributed by atoms with Gasteiger partial charge in [0, 0.05) is 49.0 Å². The second-order valence-electron chi connectivity index (χ2n) is 16.5. The summed E-state index contributed by atoms with van der Waals surface area (Å²) in [6, 6.07) is 4.25. The van der Waals surface area contributed by atoms with Crippen LogP contribution in [-0.2, 0) is 4.79 Å². The van der Waals surface area contributed by atoms with Gasteiger partial charge in [0.25, 0.3) is 11.8 Å². The molecule has 0 bridgehead atoms. The normalized spacial score (nSPS) is 27.2. The van der Waals surface area contributed by atoms with Crippen molar-refractivity contribution >= 4 is 17.5 Å². The van der Waals surface area contributed by atoms with Gasteiger partial charge in [-0.15, -0.1) is 10.2 Å². The van der Waals surface area contributed by atoms with E-state index in [1.165, 1.54) is 56.8 Å². The van der Waals surface area contributed by atoms with Crippen LogP contribution in [0, 0.1) is 28.0 Å². The fraction of sp³-hybridized carbons (Fsp3) is 0.703. The lowest BCUT2D eigenvalue weighted by Crippen LogP contribution is -2.61. The Morgan fingerprint density at radius 1 is 1.06 bits per heavy atom. The summed E-state index contributed by atoms with van der Waals surface area (Å²) in [5, 5.41) is 8.26. The number of ketones is 1. The van der Waals surface area contributed by atoms with Gasteiger partial charge in [-0.25, -0.2) is 9.37 Å². The van der Waals surface area contributed by atoms with E-state index in [0.717, 1.165) is 77.0 Å². The molecule has 7 rings (SSSR count). The third kappa shape index (κ3) is 6.39. The van der Waals surface area contributed by atoms with Gasteiger partial charge in [0.2, 0.25) is 0 Å². The van der Waals surface area contributed by atoms with Gasteiger partial charge in [0.15, 0.2) is 5.82 Å². The molecule has 2 saturated heterocycles. The van der Waals surface area contributed by atoms with Gasteiger partial charge in [0.05, 0.1) is 5.56 Å². The smallest absolute Gasteiger partial charge is 0.282 e. The highest BCUT2D eigenvalue weighted by Crippen LogP contribution is 2.55. The molecule has 47 heavy (non-hydrogen) atoms. The van der Waals surface area contributed by atoms with Crippen LogP contribution in [0.4, 0.5) is 10.2 Å². The number of aromatic nitrogens is 3. The Balaban J connectivity index is 0.949. The molecule has 0 atom stereocenters. The Hall–Kier alpha value is -3.14. The van der Waals surface area contributed by atoms with Crippen LogP contribution >= 0.6 is 0 Å². The SMILES string of the molecule is CC(C)N(C(=O)c1cc(F)ccc1Oc1nncnc1N1CC2(CCN(CC3CCC4(CC3)CC(=O)C(C)(C)C4)CC2)C1)C1CCC1. The molecular weight excluding hydrogens is 595 g/mol. The summed E-state index contributed by atoms with van der Waals surface area (Å²) in [5.41, 5.74) is 0.591. The van der Waals surface area contributed by atoms with E-state index < -0.39 is 5.82 Å². The van der Waals surface area contributed by atoms with Crippen molar-refractivity contribution < 1.29 is 18.7 Å². The highest BCUT2D eigenvalue weighted by Gasteiger charge is 2.51. The molecule has 2 spiro atoms. The standard InChI is InChI=1S/C37H51FN6O3/c1-25(2)44(28-6-5-7-28)34(46)29-18-27(38)8-9-30(29)47-33-32(39-24-40-41-33)43-22-37(23-43)14-16-42(17-15-37)20-26-10-12-36(13-11-26)19-31(45)35(3,4)21-36/h8-9,18,24-26,28H,5-7,10-17,19-23H2,1-4H3. The minimum absolute atomic E-state index is 0.00682. The monoisotopic (exact) mass is 646 g/mol. The third-order valence-electron chi connectivity index (χ3n) is 12.3. The average Bonchev–Trinajstić information content (AvgIpc) is 3.23. The van der Waals surface area contributed by atoms with Crippen molar-refractivity contribution in [2.24, 2.45) is 22.2 Å². The molecular formula is C37H51FN6O3. The van der Waals surface area contributed by atoms with Crippen molar-refractivity contribution in [1.29, 1.82) is 0 Å². The predicted molar refractivity (Wildman–Crippen MR) is 178 cm³/mol. The minimum atomic E-state index is -0.478. The fourth-order valence-corrected chi connectivity index (χ4v) is 9.34. The number of benzene rings is 1. The second kappa shape index (κ2) is 12.4. The molecule has 2 aliphatic heterocycles. The van der Waals surface area contributed by atoms with Gasteiger partial charge in [-0.2, -0.15) is 0 Å². The molecule has 3 aliphatic carbocycles. The molecule has 3 saturated carbocycles. The molecule has 0 N–H and O–H groups in total. The lowest BCUT2D eigenvalue weighted by atomic mass is 9.67. The molecule has 3 heterocycles. The first-order valence-electron chi connectivity index (χ1n) is 17.9. The Kier molecular flexibility index (Phi) is 8.54. The Bertz CT molecular complexity index is 1480. The molecule has 1 amide bonds. The molecule has 2 aromatic rings. The summed E-state index contributed by atoms with van der Waals surface area (Å²) < 4.78 is 20.7. The number of carbonyl (C=O) groups excluding carboxylic acids is 2. The van der Waals surface area contributed by atoms with E-state index in [9.17, 15) is 14.0 Å². The Morgan fingerprint density at radius 2 is 1.79 bits per heavy atom. The molecule has 5 fully saturated rings. The maximum Gasteiger partial charge on any atom is 0.282 e. The van der Waals surface area contributed by atoms with E-state index in [2.05, 4.69) is 38.8 Å². The van der Waals surface area contributed by atoms with E-state index in [1.807, 2.05) is 18.7 Å². The van der Waals surface area contributed by atoms with E-state index in [4.69, 9.17) is 4.74 Å². The van der Waals surface area contributed by atoms with Crippen LogP contribution in [0.3, 0.4) is 0 Å². The number of amides is 1.